The zero-order valence-corrected chi connectivity index (χ0v) is 12.8. The first-order valence-electron chi connectivity index (χ1n) is 6.68. The summed E-state index contributed by atoms with van der Waals surface area (Å²) in [6.07, 6.45) is 0.730. The van der Waals surface area contributed by atoms with E-state index in [2.05, 4.69) is 0 Å². The number of halogens is 1. The monoisotopic (exact) mass is 304 g/mol. The Morgan fingerprint density at radius 1 is 1.05 bits per heavy atom. The molecule has 0 bridgehead atoms. The van der Waals surface area contributed by atoms with E-state index in [9.17, 15) is 4.79 Å². The molecule has 0 atom stereocenters. The average Bonchev–Trinajstić information content (AvgIpc) is 2.47. The maximum atomic E-state index is 11.0. The summed E-state index contributed by atoms with van der Waals surface area (Å²) in [4.78, 5) is 11.0. The van der Waals surface area contributed by atoms with Gasteiger partial charge in [-0.25, -0.2) is 0 Å². The third-order valence-corrected chi connectivity index (χ3v) is 3.33. The topological polar surface area (TPSA) is 35.5 Å². The predicted molar refractivity (Wildman–Crippen MR) is 83.7 cm³/mol. The molecular weight excluding hydrogens is 288 g/mol. The second kappa shape index (κ2) is 7.14. The molecular formula is C17H17ClO3. The highest BCUT2D eigenvalue weighted by Gasteiger charge is 2.05. The minimum absolute atomic E-state index is 0.357. The molecule has 21 heavy (non-hydrogen) atoms. The normalized spacial score (nSPS) is 10.2. The first-order chi connectivity index (χ1) is 10.1. The van der Waals surface area contributed by atoms with Crippen LogP contribution in [0.5, 0.6) is 11.5 Å². The lowest BCUT2D eigenvalue weighted by Crippen LogP contribution is -2.11. The molecule has 110 valence electrons. The Hall–Kier alpha value is -2.00. The van der Waals surface area contributed by atoms with E-state index in [0.29, 0.717) is 29.5 Å². The standard InChI is InChI=1S/C17H17ClO3/c1-12-4-3-5-13(2)17(12)21-9-8-20-16-7-6-15(18)10-14(16)11-19/h3-7,10-11H,8-9H2,1-2H3. The molecule has 0 aliphatic rings. The van der Waals surface area contributed by atoms with Crippen LogP contribution in [0, 0.1) is 13.8 Å². The third-order valence-electron chi connectivity index (χ3n) is 3.09. The summed E-state index contributed by atoms with van der Waals surface area (Å²) < 4.78 is 11.3. The zero-order chi connectivity index (χ0) is 15.2. The van der Waals surface area contributed by atoms with Crippen LogP contribution < -0.4 is 9.47 Å². The molecule has 0 amide bonds. The van der Waals surface area contributed by atoms with Gasteiger partial charge in [0, 0.05) is 5.02 Å². The number of aryl methyl sites for hydroxylation is 2. The Bertz CT molecular complexity index is 618. The van der Waals surface area contributed by atoms with Gasteiger partial charge in [-0.3, -0.25) is 4.79 Å². The maximum Gasteiger partial charge on any atom is 0.153 e. The van der Waals surface area contributed by atoms with Crippen molar-refractivity contribution in [2.75, 3.05) is 13.2 Å². The van der Waals surface area contributed by atoms with Crippen LogP contribution in [-0.2, 0) is 0 Å². The first-order valence-corrected chi connectivity index (χ1v) is 7.06. The Morgan fingerprint density at radius 2 is 1.71 bits per heavy atom. The van der Waals surface area contributed by atoms with Crippen molar-refractivity contribution in [2.24, 2.45) is 0 Å². The molecule has 3 nitrogen and oxygen atoms in total. The van der Waals surface area contributed by atoms with Gasteiger partial charge in [0.15, 0.2) is 6.29 Å². The lowest BCUT2D eigenvalue weighted by atomic mass is 10.1. The zero-order valence-electron chi connectivity index (χ0n) is 12.1. The molecule has 0 N–H and O–H groups in total. The first kappa shape index (κ1) is 15.4. The van der Waals surface area contributed by atoms with Crippen molar-refractivity contribution in [3.63, 3.8) is 0 Å². The molecule has 0 aliphatic heterocycles. The highest BCUT2D eigenvalue weighted by molar-refractivity contribution is 6.30. The number of hydrogen-bond acceptors (Lipinski definition) is 3. The van der Waals surface area contributed by atoms with Crippen molar-refractivity contribution in [1.29, 1.82) is 0 Å². The number of hydrogen-bond donors (Lipinski definition) is 0. The van der Waals surface area contributed by atoms with Crippen molar-refractivity contribution in [1.82, 2.24) is 0 Å². The van der Waals surface area contributed by atoms with Crippen LogP contribution in [0.1, 0.15) is 21.5 Å². The van der Waals surface area contributed by atoms with Crippen LogP contribution in [0.4, 0.5) is 0 Å². The molecule has 0 spiro atoms. The van der Waals surface area contributed by atoms with Crippen molar-refractivity contribution in [3.8, 4) is 11.5 Å². The van der Waals surface area contributed by atoms with Crippen LogP contribution in [0.2, 0.25) is 5.02 Å². The summed E-state index contributed by atoms with van der Waals surface area (Å²) in [6, 6.07) is 11.0. The second-order valence-electron chi connectivity index (χ2n) is 4.72. The Balaban J connectivity index is 1.92. The van der Waals surface area contributed by atoms with Crippen molar-refractivity contribution < 1.29 is 14.3 Å². The Labute approximate surface area is 129 Å². The summed E-state index contributed by atoms with van der Waals surface area (Å²) in [5, 5.41) is 0.510. The smallest absolute Gasteiger partial charge is 0.153 e. The molecule has 0 fully saturated rings. The van der Waals surface area contributed by atoms with Gasteiger partial charge in [0.25, 0.3) is 0 Å². The number of rotatable bonds is 6. The quantitative estimate of drug-likeness (QED) is 0.592. The predicted octanol–water partition coefficient (Wildman–Crippen LogP) is 4.23. The molecule has 2 aromatic rings. The largest absolute Gasteiger partial charge is 0.489 e. The van der Waals surface area contributed by atoms with Crippen LogP contribution in [0.25, 0.3) is 0 Å². The highest BCUT2D eigenvalue weighted by Crippen LogP contribution is 2.23. The maximum absolute atomic E-state index is 11.0. The Kier molecular flexibility index (Phi) is 5.23. The van der Waals surface area contributed by atoms with E-state index in [4.69, 9.17) is 21.1 Å². The van der Waals surface area contributed by atoms with Gasteiger partial charge in [0.05, 0.1) is 5.56 Å². The average molecular weight is 305 g/mol. The molecule has 0 aliphatic carbocycles. The molecule has 0 unspecified atom stereocenters. The van der Waals surface area contributed by atoms with Crippen LogP contribution in [-0.4, -0.2) is 19.5 Å². The number of carbonyl (C=O) groups is 1. The molecule has 2 rings (SSSR count). The summed E-state index contributed by atoms with van der Waals surface area (Å²) in [7, 11) is 0. The van der Waals surface area contributed by atoms with Gasteiger partial charge >= 0.3 is 0 Å². The number of benzene rings is 2. The van der Waals surface area contributed by atoms with E-state index in [1.54, 1.807) is 18.2 Å². The van der Waals surface area contributed by atoms with Gasteiger partial charge in [0.1, 0.15) is 24.7 Å². The lowest BCUT2D eigenvalue weighted by Gasteiger charge is -2.13. The van der Waals surface area contributed by atoms with Gasteiger partial charge in [0.2, 0.25) is 0 Å². The minimum atomic E-state index is 0.357. The fraction of sp³-hybridized carbons (Fsp3) is 0.235. The van der Waals surface area contributed by atoms with E-state index in [1.165, 1.54) is 0 Å². The SMILES string of the molecule is Cc1cccc(C)c1OCCOc1ccc(Cl)cc1C=O. The summed E-state index contributed by atoms with van der Waals surface area (Å²) in [6.45, 7) is 4.78. The number of aldehydes is 1. The number of para-hydroxylation sites is 1. The summed E-state index contributed by atoms with van der Waals surface area (Å²) in [5.74, 6) is 1.40. The fourth-order valence-corrected chi connectivity index (χ4v) is 2.25. The number of ether oxygens (including phenoxy) is 2. The third kappa shape index (κ3) is 3.99. The molecule has 0 radical (unpaired) electrons. The molecule has 0 saturated heterocycles. The van der Waals surface area contributed by atoms with Gasteiger partial charge in [-0.2, -0.15) is 0 Å². The fourth-order valence-electron chi connectivity index (χ4n) is 2.07. The molecule has 0 saturated carbocycles. The van der Waals surface area contributed by atoms with E-state index >= 15 is 0 Å². The van der Waals surface area contributed by atoms with Gasteiger partial charge < -0.3 is 9.47 Å². The van der Waals surface area contributed by atoms with Gasteiger partial charge in [-0.1, -0.05) is 29.8 Å². The molecule has 4 heteroatoms. The van der Waals surface area contributed by atoms with Gasteiger partial charge in [-0.05, 0) is 43.2 Å². The van der Waals surface area contributed by atoms with Crippen LogP contribution in [0.3, 0.4) is 0 Å². The summed E-state index contributed by atoms with van der Waals surface area (Å²) >= 11 is 5.83. The van der Waals surface area contributed by atoms with Crippen molar-refractivity contribution >= 4 is 17.9 Å². The van der Waals surface area contributed by atoms with E-state index in [1.807, 2.05) is 32.0 Å². The Morgan fingerprint density at radius 3 is 2.38 bits per heavy atom. The van der Waals surface area contributed by atoms with Crippen LogP contribution in [0.15, 0.2) is 36.4 Å². The van der Waals surface area contributed by atoms with Crippen LogP contribution >= 0.6 is 11.6 Å². The second-order valence-corrected chi connectivity index (χ2v) is 5.15. The van der Waals surface area contributed by atoms with E-state index < -0.39 is 0 Å². The highest BCUT2D eigenvalue weighted by atomic mass is 35.5. The molecule has 0 aromatic heterocycles. The lowest BCUT2D eigenvalue weighted by molar-refractivity contribution is 0.111. The molecule has 0 heterocycles. The number of carbonyl (C=O) groups excluding carboxylic acids is 1. The van der Waals surface area contributed by atoms with Crippen molar-refractivity contribution in [2.45, 2.75) is 13.8 Å². The van der Waals surface area contributed by atoms with E-state index in [0.717, 1.165) is 23.2 Å². The van der Waals surface area contributed by atoms with Crippen molar-refractivity contribution in [3.05, 3.63) is 58.1 Å². The summed E-state index contributed by atoms with van der Waals surface area (Å²) in [5.41, 5.74) is 2.62. The minimum Gasteiger partial charge on any atom is -0.489 e. The molecule has 2 aromatic carbocycles. The van der Waals surface area contributed by atoms with Gasteiger partial charge in [-0.15, -0.1) is 0 Å². The van der Waals surface area contributed by atoms with E-state index in [-0.39, 0.29) is 0 Å².